The fourth-order valence-electron chi connectivity index (χ4n) is 2.34. The summed E-state index contributed by atoms with van der Waals surface area (Å²) < 4.78 is 17.9. The Morgan fingerprint density at radius 1 is 1.44 bits per heavy atom. The largest absolute Gasteiger partial charge is 0.398 e. The second-order valence-electron chi connectivity index (χ2n) is 4.63. The third-order valence-corrected chi connectivity index (χ3v) is 5.50. The van der Waals surface area contributed by atoms with Crippen LogP contribution in [0, 0.1) is 0 Å². The van der Waals surface area contributed by atoms with Gasteiger partial charge in [-0.25, -0.2) is 0 Å². The molecule has 0 spiro atoms. The number of rotatable bonds is 3. The van der Waals surface area contributed by atoms with E-state index in [1.54, 1.807) is 25.3 Å². The van der Waals surface area contributed by atoms with Crippen LogP contribution in [-0.4, -0.2) is 22.7 Å². The Kier molecular flexibility index (Phi) is 4.65. The summed E-state index contributed by atoms with van der Waals surface area (Å²) in [6.45, 7) is 0. The first-order chi connectivity index (χ1) is 8.61. The van der Waals surface area contributed by atoms with Crippen molar-refractivity contribution < 1.29 is 8.95 Å². The molecule has 1 aliphatic rings. The van der Waals surface area contributed by atoms with E-state index in [9.17, 15) is 4.21 Å². The Hall–Kier alpha value is -0.580. The van der Waals surface area contributed by atoms with Gasteiger partial charge in [-0.2, -0.15) is 0 Å². The van der Waals surface area contributed by atoms with Gasteiger partial charge in [0.2, 0.25) is 0 Å². The van der Waals surface area contributed by atoms with E-state index in [1.165, 1.54) is 0 Å². The van der Waals surface area contributed by atoms with Crippen molar-refractivity contribution in [3.05, 3.63) is 23.2 Å². The van der Waals surface area contributed by atoms with Crippen LogP contribution >= 0.6 is 11.6 Å². The van der Waals surface area contributed by atoms with Gasteiger partial charge in [-0.1, -0.05) is 11.6 Å². The van der Waals surface area contributed by atoms with Crippen molar-refractivity contribution in [2.24, 2.45) is 0 Å². The lowest BCUT2D eigenvalue weighted by atomic mass is 9.97. The smallest absolute Gasteiger partial charge is 0.0647 e. The zero-order valence-electron chi connectivity index (χ0n) is 10.4. The fraction of sp³-hybridized carbons (Fsp3) is 0.538. The van der Waals surface area contributed by atoms with Crippen LogP contribution in [0.15, 0.2) is 23.1 Å². The van der Waals surface area contributed by atoms with Crippen molar-refractivity contribution in [3.63, 3.8) is 0 Å². The van der Waals surface area contributed by atoms with E-state index < -0.39 is 10.8 Å². The molecular weight excluding hydrogens is 270 g/mol. The van der Waals surface area contributed by atoms with Crippen LogP contribution in [0.1, 0.15) is 25.7 Å². The maximum absolute atomic E-state index is 12.5. The third-order valence-electron chi connectivity index (χ3n) is 3.42. The zero-order chi connectivity index (χ0) is 13.1. The Bertz CT molecular complexity index is 453. The van der Waals surface area contributed by atoms with E-state index in [4.69, 9.17) is 22.1 Å². The van der Waals surface area contributed by atoms with Gasteiger partial charge >= 0.3 is 0 Å². The van der Waals surface area contributed by atoms with Gasteiger partial charge in [-0.05, 0) is 43.9 Å². The Morgan fingerprint density at radius 3 is 2.89 bits per heavy atom. The van der Waals surface area contributed by atoms with E-state index in [0.29, 0.717) is 10.7 Å². The zero-order valence-corrected chi connectivity index (χ0v) is 12.0. The minimum Gasteiger partial charge on any atom is -0.398 e. The molecule has 3 nitrogen and oxygen atoms in total. The minimum absolute atomic E-state index is 0.156. The van der Waals surface area contributed by atoms with Crippen LogP contribution in [0.2, 0.25) is 5.02 Å². The van der Waals surface area contributed by atoms with Gasteiger partial charge in [-0.3, -0.25) is 4.21 Å². The molecule has 3 unspecified atom stereocenters. The lowest BCUT2D eigenvalue weighted by Crippen LogP contribution is -2.28. The Balaban J connectivity index is 2.12. The number of anilines is 1. The minimum atomic E-state index is -1.03. The molecule has 2 N–H and O–H groups in total. The molecule has 0 aromatic heterocycles. The van der Waals surface area contributed by atoms with E-state index in [2.05, 4.69) is 0 Å². The van der Waals surface area contributed by atoms with Crippen LogP contribution < -0.4 is 5.73 Å². The maximum atomic E-state index is 12.5. The molecule has 0 saturated heterocycles. The summed E-state index contributed by atoms with van der Waals surface area (Å²) in [5, 5.41) is 0.628. The highest BCUT2D eigenvalue weighted by atomic mass is 35.5. The van der Waals surface area contributed by atoms with Gasteiger partial charge in [0.15, 0.2) is 0 Å². The Morgan fingerprint density at radius 2 is 2.22 bits per heavy atom. The highest BCUT2D eigenvalue weighted by Gasteiger charge is 2.27. The first-order valence-corrected chi connectivity index (χ1v) is 7.69. The van der Waals surface area contributed by atoms with Gasteiger partial charge in [0.25, 0.3) is 0 Å². The molecule has 1 aromatic carbocycles. The van der Waals surface area contributed by atoms with E-state index in [1.807, 2.05) is 0 Å². The van der Waals surface area contributed by atoms with E-state index in [-0.39, 0.29) is 11.4 Å². The molecule has 0 aliphatic heterocycles. The quantitative estimate of drug-likeness (QED) is 0.870. The number of ether oxygens (including phenoxy) is 1. The predicted octanol–water partition coefficient (Wildman–Crippen LogP) is 2.99. The summed E-state index contributed by atoms with van der Waals surface area (Å²) in [5.74, 6) is 0. The van der Waals surface area contributed by atoms with Crippen molar-refractivity contribution in [3.8, 4) is 0 Å². The summed E-state index contributed by atoms with van der Waals surface area (Å²) in [4.78, 5) is 0.760. The lowest BCUT2D eigenvalue weighted by Gasteiger charge is -2.27. The van der Waals surface area contributed by atoms with Crippen LogP contribution in [0.25, 0.3) is 0 Å². The van der Waals surface area contributed by atoms with Gasteiger partial charge in [0.1, 0.15) is 0 Å². The van der Waals surface area contributed by atoms with Crippen LogP contribution in [0.4, 0.5) is 5.69 Å². The van der Waals surface area contributed by atoms with Crippen LogP contribution in [-0.2, 0) is 15.5 Å². The number of benzene rings is 1. The highest BCUT2D eigenvalue weighted by molar-refractivity contribution is 7.85. The summed E-state index contributed by atoms with van der Waals surface area (Å²) >= 11 is 5.97. The molecule has 0 radical (unpaired) electrons. The molecule has 2 rings (SSSR count). The van der Waals surface area contributed by atoms with E-state index >= 15 is 0 Å². The monoisotopic (exact) mass is 287 g/mol. The SMILES string of the molecule is COC1CCCC(S(=O)c2ccc(N)c(Cl)c2)C1. The van der Waals surface area contributed by atoms with Gasteiger partial charge in [0, 0.05) is 17.3 Å². The first-order valence-electron chi connectivity index (χ1n) is 6.10. The average Bonchev–Trinajstić information content (AvgIpc) is 2.41. The van der Waals surface area contributed by atoms with Crippen molar-refractivity contribution in [2.45, 2.75) is 41.9 Å². The average molecular weight is 288 g/mol. The second kappa shape index (κ2) is 6.04. The number of methoxy groups -OCH3 is 1. The number of hydrogen-bond donors (Lipinski definition) is 1. The predicted molar refractivity (Wildman–Crippen MR) is 75.3 cm³/mol. The molecule has 5 heteroatoms. The highest BCUT2D eigenvalue weighted by Crippen LogP contribution is 2.29. The molecule has 100 valence electrons. The number of hydrogen-bond acceptors (Lipinski definition) is 3. The molecule has 1 saturated carbocycles. The molecule has 1 aromatic rings. The molecule has 1 fully saturated rings. The number of halogens is 1. The molecular formula is C13H18ClNO2S. The van der Waals surface area contributed by atoms with Crippen molar-refractivity contribution in [1.29, 1.82) is 0 Å². The van der Waals surface area contributed by atoms with Gasteiger partial charge in [-0.15, -0.1) is 0 Å². The third kappa shape index (κ3) is 3.05. The topological polar surface area (TPSA) is 52.3 Å². The van der Waals surface area contributed by atoms with Gasteiger partial charge < -0.3 is 10.5 Å². The van der Waals surface area contributed by atoms with Crippen molar-refractivity contribution in [1.82, 2.24) is 0 Å². The van der Waals surface area contributed by atoms with E-state index in [0.717, 1.165) is 30.6 Å². The van der Waals surface area contributed by atoms with Gasteiger partial charge in [0.05, 0.1) is 27.6 Å². The molecule has 0 heterocycles. The Labute approximate surface area is 115 Å². The first kappa shape index (κ1) is 13.8. The summed E-state index contributed by atoms with van der Waals surface area (Å²) in [6, 6.07) is 5.23. The molecule has 3 atom stereocenters. The lowest BCUT2D eigenvalue weighted by molar-refractivity contribution is 0.0725. The van der Waals surface area contributed by atoms with Crippen molar-refractivity contribution in [2.75, 3.05) is 12.8 Å². The summed E-state index contributed by atoms with van der Waals surface area (Å²) in [5.41, 5.74) is 6.18. The molecule has 1 aliphatic carbocycles. The summed E-state index contributed by atoms with van der Waals surface area (Å²) in [7, 11) is 0.688. The van der Waals surface area contributed by atoms with Crippen molar-refractivity contribution >= 4 is 28.1 Å². The fourth-order valence-corrected chi connectivity index (χ4v) is 4.17. The normalized spacial score (nSPS) is 25.9. The van der Waals surface area contributed by atoms with Crippen LogP contribution in [0.5, 0.6) is 0 Å². The van der Waals surface area contributed by atoms with Crippen LogP contribution in [0.3, 0.4) is 0 Å². The molecule has 0 amide bonds. The standard InChI is InChI=1S/C13H18ClNO2S/c1-17-9-3-2-4-10(7-9)18(16)11-5-6-13(15)12(14)8-11/h5-6,8-10H,2-4,7,15H2,1H3. The second-order valence-corrected chi connectivity index (χ2v) is 6.77. The number of nitrogen functional groups attached to an aromatic ring is 1. The molecule has 0 bridgehead atoms. The number of nitrogens with two attached hydrogens (primary N) is 1. The molecule has 18 heavy (non-hydrogen) atoms. The summed E-state index contributed by atoms with van der Waals surface area (Å²) in [6.07, 6.45) is 4.20. The maximum Gasteiger partial charge on any atom is 0.0647 e.